The molecule has 1 saturated heterocycles. The summed E-state index contributed by atoms with van der Waals surface area (Å²) >= 11 is 3.38. The lowest BCUT2D eigenvalue weighted by molar-refractivity contribution is -0.125. The Kier molecular flexibility index (Phi) is 4.37. The maximum absolute atomic E-state index is 11.9. The Labute approximate surface area is 120 Å². The summed E-state index contributed by atoms with van der Waals surface area (Å²) in [6, 6.07) is 7.69. The van der Waals surface area contributed by atoms with E-state index in [-0.39, 0.29) is 17.7 Å². The van der Waals surface area contributed by atoms with E-state index in [1.165, 1.54) is 6.08 Å². The van der Waals surface area contributed by atoms with Crippen molar-refractivity contribution in [1.82, 2.24) is 4.90 Å². The van der Waals surface area contributed by atoms with Crippen LogP contribution in [-0.2, 0) is 9.59 Å². The van der Waals surface area contributed by atoms with Gasteiger partial charge >= 0.3 is 0 Å². The Morgan fingerprint density at radius 1 is 1.42 bits per heavy atom. The fourth-order valence-electron chi connectivity index (χ4n) is 2.08. The first-order chi connectivity index (χ1) is 9.06. The lowest BCUT2D eigenvalue weighted by atomic mass is 10.1. The second-order valence-corrected chi connectivity index (χ2v) is 5.48. The molecule has 2 rings (SSSR count). The van der Waals surface area contributed by atoms with Gasteiger partial charge in [-0.3, -0.25) is 9.59 Å². The predicted octanol–water partition coefficient (Wildman–Crippen LogP) is 1.80. The summed E-state index contributed by atoms with van der Waals surface area (Å²) < 4.78 is 0.970. The number of primary amides is 1. The van der Waals surface area contributed by atoms with Crippen LogP contribution >= 0.6 is 15.9 Å². The number of likely N-dealkylation sites (tertiary alicyclic amines) is 1. The summed E-state index contributed by atoms with van der Waals surface area (Å²) in [4.78, 5) is 24.7. The third-order valence-electron chi connectivity index (χ3n) is 3.17. The van der Waals surface area contributed by atoms with Crippen molar-refractivity contribution >= 4 is 33.8 Å². The highest BCUT2D eigenvalue weighted by Crippen LogP contribution is 2.17. The minimum atomic E-state index is -0.328. The number of benzene rings is 1. The molecule has 1 aliphatic heterocycles. The van der Waals surface area contributed by atoms with Gasteiger partial charge in [-0.2, -0.15) is 0 Å². The van der Waals surface area contributed by atoms with Gasteiger partial charge in [0.1, 0.15) is 0 Å². The number of hydrogen-bond acceptors (Lipinski definition) is 2. The van der Waals surface area contributed by atoms with Gasteiger partial charge < -0.3 is 10.6 Å². The normalized spacial score (nSPS) is 19.0. The fraction of sp³-hybridized carbons (Fsp3) is 0.286. The van der Waals surface area contributed by atoms with E-state index in [9.17, 15) is 9.59 Å². The molecule has 4 nitrogen and oxygen atoms in total. The van der Waals surface area contributed by atoms with Gasteiger partial charge in [-0.15, -0.1) is 0 Å². The van der Waals surface area contributed by atoms with Gasteiger partial charge in [0.15, 0.2) is 0 Å². The summed E-state index contributed by atoms with van der Waals surface area (Å²) in [7, 11) is 0. The molecule has 0 radical (unpaired) electrons. The number of amides is 2. The smallest absolute Gasteiger partial charge is 0.246 e. The first-order valence-corrected chi connectivity index (χ1v) is 6.87. The number of nitrogens with two attached hydrogens (primary N) is 1. The number of halogens is 1. The molecule has 0 saturated carbocycles. The lowest BCUT2D eigenvalue weighted by Crippen LogP contribution is -2.30. The Morgan fingerprint density at radius 3 is 2.84 bits per heavy atom. The van der Waals surface area contributed by atoms with E-state index in [0.29, 0.717) is 19.5 Å². The van der Waals surface area contributed by atoms with E-state index in [4.69, 9.17) is 5.73 Å². The van der Waals surface area contributed by atoms with Crippen molar-refractivity contribution in [2.75, 3.05) is 13.1 Å². The Hall–Kier alpha value is -1.62. The molecule has 0 aliphatic carbocycles. The second-order valence-electron chi connectivity index (χ2n) is 4.56. The highest BCUT2D eigenvalue weighted by molar-refractivity contribution is 9.10. The predicted molar refractivity (Wildman–Crippen MR) is 77.1 cm³/mol. The van der Waals surface area contributed by atoms with Gasteiger partial charge in [-0.25, -0.2) is 0 Å². The molecule has 2 N–H and O–H groups in total. The molecule has 0 spiro atoms. The number of nitrogens with zero attached hydrogens (tertiary/aromatic N) is 1. The van der Waals surface area contributed by atoms with Crippen molar-refractivity contribution in [1.29, 1.82) is 0 Å². The largest absolute Gasteiger partial charge is 0.369 e. The van der Waals surface area contributed by atoms with Crippen molar-refractivity contribution in [3.63, 3.8) is 0 Å². The number of carbonyl (C=O) groups excluding carboxylic acids is 2. The van der Waals surface area contributed by atoms with Crippen molar-refractivity contribution < 1.29 is 9.59 Å². The molecule has 1 fully saturated rings. The van der Waals surface area contributed by atoms with Crippen LogP contribution in [0, 0.1) is 5.92 Å². The zero-order valence-electron chi connectivity index (χ0n) is 10.4. The van der Waals surface area contributed by atoms with Crippen molar-refractivity contribution in [2.45, 2.75) is 6.42 Å². The lowest BCUT2D eigenvalue weighted by Gasteiger charge is -2.13. The molecule has 2 amide bonds. The molecule has 5 heteroatoms. The monoisotopic (exact) mass is 322 g/mol. The average molecular weight is 323 g/mol. The number of hydrogen-bond donors (Lipinski definition) is 1. The van der Waals surface area contributed by atoms with Crippen LogP contribution in [0.3, 0.4) is 0 Å². The fourth-order valence-corrected chi connectivity index (χ4v) is 2.49. The topological polar surface area (TPSA) is 63.4 Å². The van der Waals surface area contributed by atoms with Crippen LogP contribution in [-0.4, -0.2) is 29.8 Å². The zero-order chi connectivity index (χ0) is 13.8. The third kappa shape index (κ3) is 3.67. The molecular formula is C14H15BrN2O2. The molecule has 0 unspecified atom stereocenters. The van der Waals surface area contributed by atoms with E-state index in [1.54, 1.807) is 11.0 Å². The van der Waals surface area contributed by atoms with Gasteiger partial charge in [0.2, 0.25) is 11.8 Å². The van der Waals surface area contributed by atoms with Crippen LogP contribution in [0.4, 0.5) is 0 Å². The maximum Gasteiger partial charge on any atom is 0.246 e. The molecule has 1 aliphatic rings. The van der Waals surface area contributed by atoms with Crippen LogP contribution in [0.25, 0.3) is 6.08 Å². The van der Waals surface area contributed by atoms with E-state index in [0.717, 1.165) is 10.0 Å². The molecule has 1 aromatic carbocycles. The number of rotatable bonds is 3. The van der Waals surface area contributed by atoms with Crippen LogP contribution in [0.15, 0.2) is 34.8 Å². The summed E-state index contributed by atoms with van der Waals surface area (Å²) in [5.41, 5.74) is 6.19. The van der Waals surface area contributed by atoms with Crippen LogP contribution < -0.4 is 5.73 Å². The molecular weight excluding hydrogens is 308 g/mol. The Balaban J connectivity index is 1.96. The zero-order valence-corrected chi connectivity index (χ0v) is 12.0. The molecule has 1 heterocycles. The Morgan fingerprint density at radius 2 is 2.21 bits per heavy atom. The summed E-state index contributed by atoms with van der Waals surface area (Å²) in [5.74, 6) is -0.613. The van der Waals surface area contributed by atoms with E-state index in [2.05, 4.69) is 15.9 Å². The van der Waals surface area contributed by atoms with Gasteiger partial charge in [0.25, 0.3) is 0 Å². The van der Waals surface area contributed by atoms with Crippen molar-refractivity contribution in [3.8, 4) is 0 Å². The minimum Gasteiger partial charge on any atom is -0.369 e. The second kappa shape index (κ2) is 6.02. The van der Waals surface area contributed by atoms with Gasteiger partial charge in [0.05, 0.1) is 5.92 Å². The quantitative estimate of drug-likeness (QED) is 0.862. The summed E-state index contributed by atoms with van der Waals surface area (Å²) in [6.45, 7) is 1.02. The van der Waals surface area contributed by atoms with Crippen molar-refractivity contribution in [2.24, 2.45) is 11.7 Å². The van der Waals surface area contributed by atoms with Gasteiger partial charge in [0, 0.05) is 23.6 Å². The SMILES string of the molecule is NC(=O)[C@H]1CCN(C(=O)/C=C\c2cccc(Br)c2)C1. The summed E-state index contributed by atoms with van der Waals surface area (Å²) in [6.07, 6.45) is 3.96. The highest BCUT2D eigenvalue weighted by Gasteiger charge is 2.28. The van der Waals surface area contributed by atoms with Crippen LogP contribution in [0.1, 0.15) is 12.0 Å². The van der Waals surface area contributed by atoms with E-state index in [1.807, 2.05) is 24.3 Å². The molecule has 1 aromatic rings. The highest BCUT2D eigenvalue weighted by atomic mass is 79.9. The minimum absolute atomic E-state index is 0.0799. The molecule has 0 aromatic heterocycles. The Bertz CT molecular complexity index is 528. The molecule has 100 valence electrons. The molecule has 0 bridgehead atoms. The average Bonchev–Trinajstić information content (AvgIpc) is 2.86. The van der Waals surface area contributed by atoms with E-state index < -0.39 is 0 Å². The molecule has 19 heavy (non-hydrogen) atoms. The standard InChI is InChI=1S/C14H15BrN2O2/c15-12-3-1-2-10(8-12)4-5-13(18)17-7-6-11(9-17)14(16)19/h1-5,8,11H,6-7,9H2,(H2,16,19)/b5-4-/t11-/m0/s1. The van der Waals surface area contributed by atoms with Crippen molar-refractivity contribution in [3.05, 3.63) is 40.4 Å². The number of carbonyl (C=O) groups is 2. The first-order valence-electron chi connectivity index (χ1n) is 6.08. The maximum atomic E-state index is 11.9. The first kappa shape index (κ1) is 13.8. The molecule has 1 atom stereocenters. The van der Waals surface area contributed by atoms with Gasteiger partial charge in [-0.05, 0) is 30.2 Å². The van der Waals surface area contributed by atoms with Gasteiger partial charge in [-0.1, -0.05) is 28.1 Å². The van der Waals surface area contributed by atoms with Crippen LogP contribution in [0.2, 0.25) is 0 Å². The summed E-state index contributed by atoms with van der Waals surface area (Å²) in [5, 5.41) is 0. The third-order valence-corrected chi connectivity index (χ3v) is 3.66. The van der Waals surface area contributed by atoms with E-state index >= 15 is 0 Å². The van der Waals surface area contributed by atoms with Crippen LogP contribution in [0.5, 0.6) is 0 Å².